The number of nitrogens with one attached hydrogen (secondary N) is 1. The molecule has 1 aromatic heterocycles. The van der Waals surface area contributed by atoms with Gasteiger partial charge in [-0.1, -0.05) is 11.8 Å². The molecule has 1 saturated heterocycles. The third-order valence-corrected chi connectivity index (χ3v) is 5.86. The maximum Gasteiger partial charge on any atom is 0.211 e. The summed E-state index contributed by atoms with van der Waals surface area (Å²) in [5.41, 5.74) is 1.85. The van der Waals surface area contributed by atoms with Crippen LogP contribution in [0, 0.1) is 5.92 Å². The molecule has 3 rings (SSSR count). The topological polar surface area (TPSA) is 75.3 Å². The summed E-state index contributed by atoms with van der Waals surface area (Å²) in [5.74, 6) is 2.06. The van der Waals surface area contributed by atoms with Crippen molar-refractivity contribution in [3.8, 4) is 5.75 Å². The summed E-state index contributed by atoms with van der Waals surface area (Å²) in [6, 6.07) is 5.72. The van der Waals surface area contributed by atoms with Crippen LogP contribution < -0.4 is 4.74 Å². The molecule has 0 saturated carbocycles. The van der Waals surface area contributed by atoms with Crippen LogP contribution in [0.2, 0.25) is 0 Å². The van der Waals surface area contributed by atoms with Gasteiger partial charge in [-0.05, 0) is 18.1 Å². The lowest BCUT2D eigenvalue weighted by atomic mass is 10.1. The Morgan fingerprint density at radius 2 is 2.24 bits per heavy atom. The Labute approximate surface area is 127 Å². The number of methoxy groups -OCH3 is 1. The molecule has 0 atom stereocenters. The van der Waals surface area contributed by atoms with Crippen LogP contribution in [0.3, 0.4) is 0 Å². The number of aromatic nitrogens is 2. The Hall–Kier alpha value is -1.25. The van der Waals surface area contributed by atoms with Crippen LogP contribution in [-0.2, 0) is 10.0 Å². The third-order valence-electron chi connectivity index (χ3n) is 3.52. The summed E-state index contributed by atoms with van der Waals surface area (Å²) in [6.07, 6.45) is 1.25. The highest BCUT2D eigenvalue weighted by atomic mass is 32.2. The summed E-state index contributed by atoms with van der Waals surface area (Å²) < 4.78 is 29.3. The molecule has 1 N–H and O–H groups in total. The fourth-order valence-corrected chi connectivity index (χ4v) is 4.17. The van der Waals surface area contributed by atoms with Gasteiger partial charge in [-0.3, -0.25) is 0 Å². The minimum Gasteiger partial charge on any atom is -0.497 e. The molecule has 114 valence electrons. The standard InChI is InChI=1S/C13H17N3O3S2/c1-19-10-3-4-11-12(5-10)15-13(14-11)20-8-9-6-16(7-9)21(2,17)18/h3-5,9H,6-8H2,1-2H3,(H,14,15). The first kappa shape index (κ1) is 14.7. The van der Waals surface area contributed by atoms with Crippen LogP contribution in [0.1, 0.15) is 0 Å². The number of ether oxygens (including phenoxy) is 1. The van der Waals surface area contributed by atoms with E-state index in [9.17, 15) is 8.42 Å². The van der Waals surface area contributed by atoms with E-state index in [4.69, 9.17) is 4.74 Å². The fraction of sp³-hybridized carbons (Fsp3) is 0.462. The van der Waals surface area contributed by atoms with Crippen molar-refractivity contribution in [1.29, 1.82) is 0 Å². The van der Waals surface area contributed by atoms with Crippen molar-refractivity contribution >= 4 is 32.8 Å². The van der Waals surface area contributed by atoms with Crippen LogP contribution in [0.25, 0.3) is 11.0 Å². The predicted octanol–water partition coefficient (Wildman–Crippen LogP) is 1.55. The van der Waals surface area contributed by atoms with Gasteiger partial charge in [0.05, 0.1) is 24.4 Å². The van der Waals surface area contributed by atoms with Crippen molar-refractivity contribution in [2.24, 2.45) is 5.92 Å². The second-order valence-corrected chi connectivity index (χ2v) is 8.17. The van der Waals surface area contributed by atoms with Crippen LogP contribution in [0.4, 0.5) is 0 Å². The molecule has 2 aromatic rings. The van der Waals surface area contributed by atoms with Gasteiger partial charge in [-0.15, -0.1) is 0 Å². The molecule has 1 aliphatic rings. The number of H-pyrrole nitrogens is 1. The molecule has 0 unspecified atom stereocenters. The van der Waals surface area contributed by atoms with Gasteiger partial charge in [0.15, 0.2) is 5.16 Å². The predicted molar refractivity (Wildman–Crippen MR) is 83.3 cm³/mol. The Kier molecular flexibility index (Phi) is 3.85. The van der Waals surface area contributed by atoms with Crippen molar-refractivity contribution in [2.75, 3.05) is 32.2 Å². The normalized spacial score (nSPS) is 17.0. The molecular formula is C13H17N3O3S2. The van der Waals surface area contributed by atoms with E-state index in [0.29, 0.717) is 19.0 Å². The fourth-order valence-electron chi connectivity index (χ4n) is 2.26. The van der Waals surface area contributed by atoms with Crippen LogP contribution in [0.5, 0.6) is 5.75 Å². The zero-order chi connectivity index (χ0) is 15.0. The SMILES string of the molecule is COc1ccc2nc(SCC3CN(S(C)(=O)=O)C3)[nH]c2c1. The van der Waals surface area contributed by atoms with E-state index >= 15 is 0 Å². The minimum absolute atomic E-state index is 0.396. The number of hydrogen-bond acceptors (Lipinski definition) is 5. The molecule has 1 aliphatic heterocycles. The van der Waals surface area contributed by atoms with E-state index < -0.39 is 10.0 Å². The first-order chi connectivity index (χ1) is 9.95. The molecular weight excluding hydrogens is 310 g/mol. The van der Waals surface area contributed by atoms with Gasteiger partial charge >= 0.3 is 0 Å². The molecule has 8 heteroatoms. The smallest absolute Gasteiger partial charge is 0.211 e. The molecule has 1 aromatic carbocycles. The highest BCUT2D eigenvalue weighted by Crippen LogP contribution is 2.28. The largest absolute Gasteiger partial charge is 0.497 e. The molecule has 21 heavy (non-hydrogen) atoms. The molecule has 0 amide bonds. The minimum atomic E-state index is -3.02. The zero-order valence-corrected chi connectivity index (χ0v) is 13.5. The van der Waals surface area contributed by atoms with Gasteiger partial charge < -0.3 is 9.72 Å². The monoisotopic (exact) mass is 327 g/mol. The average Bonchev–Trinajstić information content (AvgIpc) is 2.76. The molecule has 1 fully saturated rings. The van der Waals surface area contributed by atoms with E-state index in [1.165, 1.54) is 10.6 Å². The summed E-state index contributed by atoms with van der Waals surface area (Å²) in [5, 5.41) is 0.857. The summed E-state index contributed by atoms with van der Waals surface area (Å²) >= 11 is 1.63. The number of fused-ring (bicyclic) bond motifs is 1. The number of hydrogen-bond donors (Lipinski definition) is 1. The molecule has 6 nitrogen and oxygen atoms in total. The van der Waals surface area contributed by atoms with E-state index in [1.807, 2.05) is 18.2 Å². The van der Waals surface area contributed by atoms with Gasteiger partial charge in [-0.25, -0.2) is 17.7 Å². The number of rotatable bonds is 5. The highest BCUT2D eigenvalue weighted by Gasteiger charge is 2.33. The first-order valence-electron chi connectivity index (χ1n) is 6.57. The molecule has 0 spiro atoms. The van der Waals surface area contributed by atoms with E-state index in [0.717, 1.165) is 27.7 Å². The third kappa shape index (κ3) is 3.17. The van der Waals surface area contributed by atoms with Crippen LogP contribution >= 0.6 is 11.8 Å². The van der Waals surface area contributed by atoms with Crippen LogP contribution in [-0.4, -0.2) is 54.9 Å². The van der Waals surface area contributed by atoms with E-state index in [1.54, 1.807) is 18.9 Å². The molecule has 0 bridgehead atoms. The van der Waals surface area contributed by atoms with Crippen molar-refractivity contribution in [2.45, 2.75) is 5.16 Å². The molecule has 0 radical (unpaired) electrons. The lowest BCUT2D eigenvalue weighted by Gasteiger charge is -2.36. The summed E-state index contributed by atoms with van der Waals surface area (Å²) in [7, 11) is -1.39. The van der Waals surface area contributed by atoms with Gasteiger partial charge in [-0.2, -0.15) is 0 Å². The Balaban J connectivity index is 1.59. The average molecular weight is 327 g/mol. The van der Waals surface area contributed by atoms with Crippen molar-refractivity contribution in [3.63, 3.8) is 0 Å². The maximum absolute atomic E-state index is 11.3. The van der Waals surface area contributed by atoms with Crippen molar-refractivity contribution < 1.29 is 13.2 Å². The number of benzene rings is 1. The van der Waals surface area contributed by atoms with Gasteiger partial charge in [0.2, 0.25) is 10.0 Å². The lowest BCUT2D eigenvalue weighted by Crippen LogP contribution is -2.50. The number of aromatic amines is 1. The van der Waals surface area contributed by atoms with Gasteiger partial charge in [0, 0.05) is 24.9 Å². The quantitative estimate of drug-likeness (QED) is 0.844. The zero-order valence-electron chi connectivity index (χ0n) is 11.9. The Bertz CT molecular complexity index is 751. The molecule has 2 heterocycles. The summed E-state index contributed by atoms with van der Waals surface area (Å²) in [4.78, 5) is 7.76. The lowest BCUT2D eigenvalue weighted by molar-refractivity contribution is 0.224. The number of sulfonamides is 1. The number of imidazole rings is 1. The Morgan fingerprint density at radius 3 is 2.90 bits per heavy atom. The second-order valence-electron chi connectivity index (χ2n) is 5.18. The second kappa shape index (κ2) is 5.51. The number of thioether (sulfide) groups is 1. The first-order valence-corrected chi connectivity index (χ1v) is 9.41. The van der Waals surface area contributed by atoms with Crippen LogP contribution in [0.15, 0.2) is 23.4 Å². The van der Waals surface area contributed by atoms with Gasteiger partial charge in [0.1, 0.15) is 5.75 Å². The Morgan fingerprint density at radius 1 is 1.48 bits per heavy atom. The molecule has 0 aliphatic carbocycles. The van der Waals surface area contributed by atoms with E-state index in [2.05, 4.69) is 9.97 Å². The van der Waals surface area contributed by atoms with Crippen molar-refractivity contribution in [3.05, 3.63) is 18.2 Å². The van der Waals surface area contributed by atoms with Gasteiger partial charge in [0.25, 0.3) is 0 Å². The van der Waals surface area contributed by atoms with E-state index in [-0.39, 0.29) is 0 Å². The number of nitrogens with zero attached hydrogens (tertiary/aromatic N) is 2. The maximum atomic E-state index is 11.3. The van der Waals surface area contributed by atoms with Crippen molar-refractivity contribution in [1.82, 2.24) is 14.3 Å². The summed E-state index contributed by atoms with van der Waals surface area (Å²) in [6.45, 7) is 1.22. The highest BCUT2D eigenvalue weighted by molar-refractivity contribution is 7.99.